The molecule has 1 heterocycles. The van der Waals surface area contributed by atoms with Gasteiger partial charge in [-0.05, 0) is 32.0 Å². The van der Waals surface area contributed by atoms with Gasteiger partial charge in [0.05, 0.1) is 17.8 Å². The van der Waals surface area contributed by atoms with E-state index < -0.39 is 0 Å². The van der Waals surface area contributed by atoms with E-state index in [4.69, 9.17) is 0 Å². The zero-order valence-electron chi connectivity index (χ0n) is 10.9. The maximum absolute atomic E-state index is 4.51. The largest absolute Gasteiger partial charge is 0.317 e. The van der Waals surface area contributed by atoms with Gasteiger partial charge in [0, 0.05) is 5.39 Å². The van der Waals surface area contributed by atoms with Gasteiger partial charge in [-0.2, -0.15) is 5.10 Å². The van der Waals surface area contributed by atoms with Crippen LogP contribution in [0.1, 0.15) is 26.8 Å². The molecule has 0 radical (unpaired) electrons. The minimum atomic E-state index is 0.411. The second kappa shape index (κ2) is 5.32. The molecule has 0 amide bonds. The van der Waals surface area contributed by atoms with Crippen molar-refractivity contribution in [1.29, 1.82) is 0 Å². The Morgan fingerprint density at radius 3 is 2.82 bits per heavy atom. The van der Waals surface area contributed by atoms with Crippen LogP contribution in [0.2, 0.25) is 0 Å². The van der Waals surface area contributed by atoms with Gasteiger partial charge in [-0.15, -0.1) is 0 Å². The number of nitrogens with zero attached hydrogens (tertiary/aromatic N) is 2. The van der Waals surface area contributed by atoms with Crippen molar-refractivity contribution in [1.82, 2.24) is 15.1 Å². The van der Waals surface area contributed by atoms with Gasteiger partial charge < -0.3 is 5.32 Å². The lowest BCUT2D eigenvalue weighted by Crippen LogP contribution is -2.27. The van der Waals surface area contributed by atoms with E-state index in [2.05, 4.69) is 60.1 Å². The third-order valence-electron chi connectivity index (χ3n) is 3.43. The fourth-order valence-corrected chi connectivity index (χ4v) is 2.10. The molecule has 0 aliphatic heterocycles. The maximum atomic E-state index is 4.51. The van der Waals surface area contributed by atoms with Crippen LogP contribution < -0.4 is 5.32 Å². The monoisotopic (exact) mass is 231 g/mol. The summed E-state index contributed by atoms with van der Waals surface area (Å²) in [4.78, 5) is 0. The zero-order chi connectivity index (χ0) is 12.3. The Balaban J connectivity index is 2.21. The van der Waals surface area contributed by atoms with Crippen LogP contribution >= 0.6 is 0 Å². The summed E-state index contributed by atoms with van der Waals surface area (Å²) < 4.78 is 2.14. The molecule has 2 atom stereocenters. The van der Waals surface area contributed by atoms with E-state index in [-0.39, 0.29) is 0 Å². The molecule has 0 spiro atoms. The summed E-state index contributed by atoms with van der Waals surface area (Å²) in [7, 11) is 0. The van der Waals surface area contributed by atoms with Crippen LogP contribution in [0.3, 0.4) is 0 Å². The van der Waals surface area contributed by atoms with Gasteiger partial charge in [-0.1, -0.05) is 32.0 Å². The molecule has 17 heavy (non-hydrogen) atoms. The summed E-state index contributed by atoms with van der Waals surface area (Å²) in [6.07, 6.45) is 1.95. The summed E-state index contributed by atoms with van der Waals surface area (Å²) in [5, 5.41) is 9.13. The lowest BCUT2D eigenvalue weighted by molar-refractivity contribution is 0.347. The van der Waals surface area contributed by atoms with Crippen molar-refractivity contribution in [2.45, 2.75) is 26.8 Å². The Labute approximate surface area is 103 Å². The predicted molar refractivity (Wildman–Crippen MR) is 72.2 cm³/mol. The van der Waals surface area contributed by atoms with Crippen LogP contribution in [0.15, 0.2) is 30.5 Å². The van der Waals surface area contributed by atoms with Gasteiger partial charge >= 0.3 is 0 Å². The zero-order valence-corrected chi connectivity index (χ0v) is 10.9. The Hall–Kier alpha value is -1.35. The predicted octanol–water partition coefficient (Wildman–Crippen LogP) is 2.84. The highest BCUT2D eigenvalue weighted by Gasteiger charge is 2.16. The van der Waals surface area contributed by atoms with E-state index >= 15 is 0 Å². The van der Waals surface area contributed by atoms with Gasteiger partial charge in [0.25, 0.3) is 0 Å². The highest BCUT2D eigenvalue weighted by Crippen LogP contribution is 2.22. The second-order valence-electron chi connectivity index (χ2n) is 4.67. The van der Waals surface area contributed by atoms with Crippen molar-refractivity contribution in [3.05, 3.63) is 30.5 Å². The third kappa shape index (κ3) is 2.50. The molecule has 0 bridgehead atoms. The highest BCUT2D eigenvalue weighted by molar-refractivity contribution is 5.78. The molecule has 1 N–H and O–H groups in total. The summed E-state index contributed by atoms with van der Waals surface area (Å²) in [5.41, 5.74) is 1.23. The van der Waals surface area contributed by atoms with Gasteiger partial charge in [-0.25, -0.2) is 0 Å². The van der Waals surface area contributed by atoms with Crippen LogP contribution in [-0.4, -0.2) is 22.9 Å². The molecule has 3 nitrogen and oxygen atoms in total. The molecule has 3 heteroatoms. The van der Waals surface area contributed by atoms with Crippen LogP contribution in [0, 0.1) is 5.92 Å². The molecular weight excluding hydrogens is 210 g/mol. The Kier molecular flexibility index (Phi) is 3.79. The number of para-hydroxylation sites is 1. The second-order valence-corrected chi connectivity index (χ2v) is 4.67. The van der Waals surface area contributed by atoms with Crippen LogP contribution in [0.25, 0.3) is 10.9 Å². The van der Waals surface area contributed by atoms with E-state index in [1.165, 1.54) is 10.9 Å². The SMILES string of the molecule is CCNCC(C)C(C)n1ncc2ccccc21. The molecule has 0 saturated carbocycles. The number of rotatable bonds is 5. The minimum Gasteiger partial charge on any atom is -0.317 e. The third-order valence-corrected chi connectivity index (χ3v) is 3.43. The molecule has 2 aromatic rings. The fourth-order valence-electron chi connectivity index (χ4n) is 2.10. The van der Waals surface area contributed by atoms with Gasteiger partial charge in [0.15, 0.2) is 0 Å². The number of nitrogens with one attached hydrogen (secondary N) is 1. The summed E-state index contributed by atoms with van der Waals surface area (Å²) >= 11 is 0. The fraction of sp³-hybridized carbons (Fsp3) is 0.500. The van der Waals surface area contributed by atoms with Gasteiger partial charge in [0.2, 0.25) is 0 Å². The Bertz CT molecular complexity index is 475. The van der Waals surface area contributed by atoms with E-state index in [0.717, 1.165) is 13.1 Å². The van der Waals surface area contributed by atoms with Crippen molar-refractivity contribution < 1.29 is 0 Å². The molecule has 0 aliphatic carbocycles. The molecular formula is C14H21N3. The van der Waals surface area contributed by atoms with E-state index in [0.29, 0.717) is 12.0 Å². The standard InChI is InChI=1S/C14H21N3/c1-4-15-9-11(2)12(3)17-14-8-6-5-7-13(14)10-16-17/h5-8,10-12,15H,4,9H2,1-3H3. The van der Waals surface area contributed by atoms with Gasteiger partial charge in [-0.3, -0.25) is 4.68 Å². The molecule has 2 rings (SSSR count). The summed E-state index contributed by atoms with van der Waals surface area (Å²) in [6, 6.07) is 8.79. The number of fused-ring (bicyclic) bond motifs is 1. The number of hydrogen-bond acceptors (Lipinski definition) is 2. The summed E-state index contributed by atoms with van der Waals surface area (Å²) in [5.74, 6) is 0.568. The first kappa shape index (κ1) is 12.1. The molecule has 92 valence electrons. The Morgan fingerprint density at radius 2 is 2.06 bits per heavy atom. The van der Waals surface area contributed by atoms with E-state index in [1.807, 2.05) is 6.20 Å². The van der Waals surface area contributed by atoms with Crippen molar-refractivity contribution in [3.8, 4) is 0 Å². The molecule has 2 unspecified atom stereocenters. The maximum Gasteiger partial charge on any atom is 0.0685 e. The highest BCUT2D eigenvalue weighted by atomic mass is 15.3. The average Bonchev–Trinajstić information content (AvgIpc) is 2.78. The van der Waals surface area contributed by atoms with Crippen LogP contribution in [0.4, 0.5) is 0 Å². The number of hydrogen-bond donors (Lipinski definition) is 1. The van der Waals surface area contributed by atoms with E-state index in [1.54, 1.807) is 0 Å². The Morgan fingerprint density at radius 1 is 1.29 bits per heavy atom. The molecule has 0 fully saturated rings. The number of aromatic nitrogens is 2. The van der Waals surface area contributed by atoms with Crippen molar-refractivity contribution in [2.24, 2.45) is 5.92 Å². The van der Waals surface area contributed by atoms with Crippen molar-refractivity contribution in [2.75, 3.05) is 13.1 Å². The molecule has 1 aromatic carbocycles. The van der Waals surface area contributed by atoms with E-state index in [9.17, 15) is 0 Å². The quantitative estimate of drug-likeness (QED) is 0.857. The molecule has 1 aromatic heterocycles. The summed E-state index contributed by atoms with van der Waals surface area (Å²) in [6.45, 7) is 8.70. The number of benzene rings is 1. The first-order valence-electron chi connectivity index (χ1n) is 6.37. The van der Waals surface area contributed by atoms with Crippen LogP contribution in [0.5, 0.6) is 0 Å². The van der Waals surface area contributed by atoms with Gasteiger partial charge in [0.1, 0.15) is 0 Å². The van der Waals surface area contributed by atoms with Crippen molar-refractivity contribution >= 4 is 10.9 Å². The average molecular weight is 231 g/mol. The molecule has 0 aliphatic rings. The van der Waals surface area contributed by atoms with Crippen LogP contribution in [-0.2, 0) is 0 Å². The lowest BCUT2D eigenvalue weighted by Gasteiger charge is -2.21. The molecule has 0 saturated heterocycles. The van der Waals surface area contributed by atoms with Crippen molar-refractivity contribution in [3.63, 3.8) is 0 Å². The smallest absolute Gasteiger partial charge is 0.0685 e. The lowest BCUT2D eigenvalue weighted by atomic mass is 10.0. The normalized spacial score (nSPS) is 15.0. The first-order chi connectivity index (χ1) is 8.24. The minimum absolute atomic E-state index is 0.411. The topological polar surface area (TPSA) is 29.9 Å². The first-order valence-corrected chi connectivity index (χ1v) is 6.37.